The second-order valence-electron chi connectivity index (χ2n) is 4.23. The number of hydrogen-bond donors (Lipinski definition) is 0. The molecule has 0 spiro atoms. The molecule has 2 aromatic rings. The van der Waals surface area contributed by atoms with Crippen molar-refractivity contribution in [2.24, 2.45) is 0 Å². The van der Waals surface area contributed by atoms with E-state index in [9.17, 15) is 13.2 Å². The standard InChI is InChI=1S/C16H14O4S/c1-20-16(17)15(12-13-8-4-2-5-9-13)21(18,19)14-10-6-3-7-11-14/h2-12H,1H3. The highest BCUT2D eigenvalue weighted by Crippen LogP contribution is 2.22. The van der Waals surface area contributed by atoms with E-state index in [1.807, 2.05) is 0 Å². The Bertz CT molecular complexity index is 747. The van der Waals surface area contributed by atoms with Crippen molar-refractivity contribution in [1.29, 1.82) is 0 Å². The van der Waals surface area contributed by atoms with Gasteiger partial charge in [-0.1, -0.05) is 48.5 Å². The third kappa shape index (κ3) is 3.38. The van der Waals surface area contributed by atoms with Gasteiger partial charge in [0.15, 0.2) is 4.91 Å². The minimum atomic E-state index is -3.92. The Hall–Kier alpha value is -2.40. The summed E-state index contributed by atoms with van der Waals surface area (Å²) in [5.41, 5.74) is 0.609. The largest absolute Gasteiger partial charge is 0.465 e. The number of sulfone groups is 1. The van der Waals surface area contributed by atoms with Crippen LogP contribution in [0.2, 0.25) is 0 Å². The van der Waals surface area contributed by atoms with E-state index in [1.54, 1.807) is 48.5 Å². The van der Waals surface area contributed by atoms with Crippen LogP contribution in [0, 0.1) is 0 Å². The lowest BCUT2D eigenvalue weighted by Gasteiger charge is -2.07. The first kappa shape index (κ1) is 15.0. The van der Waals surface area contributed by atoms with Crippen molar-refractivity contribution in [3.63, 3.8) is 0 Å². The number of hydrogen-bond acceptors (Lipinski definition) is 4. The van der Waals surface area contributed by atoms with Gasteiger partial charge in [0, 0.05) is 0 Å². The number of esters is 1. The lowest BCUT2D eigenvalue weighted by atomic mass is 10.2. The predicted molar refractivity (Wildman–Crippen MR) is 80.1 cm³/mol. The van der Waals surface area contributed by atoms with Gasteiger partial charge in [-0.2, -0.15) is 0 Å². The van der Waals surface area contributed by atoms with Gasteiger partial charge < -0.3 is 4.74 Å². The van der Waals surface area contributed by atoms with Crippen molar-refractivity contribution >= 4 is 21.9 Å². The molecule has 5 heteroatoms. The summed E-state index contributed by atoms with van der Waals surface area (Å²) < 4.78 is 29.7. The van der Waals surface area contributed by atoms with E-state index in [1.165, 1.54) is 18.2 Å². The predicted octanol–water partition coefficient (Wildman–Crippen LogP) is 2.67. The number of carbonyl (C=O) groups excluding carboxylic acids is 1. The highest BCUT2D eigenvalue weighted by atomic mass is 32.2. The third-order valence-corrected chi connectivity index (χ3v) is 4.58. The van der Waals surface area contributed by atoms with Crippen LogP contribution >= 0.6 is 0 Å². The number of carbonyl (C=O) groups is 1. The summed E-state index contributed by atoms with van der Waals surface area (Å²) in [6.45, 7) is 0. The molecule has 0 aliphatic carbocycles. The van der Waals surface area contributed by atoms with Crippen molar-refractivity contribution in [1.82, 2.24) is 0 Å². The van der Waals surface area contributed by atoms with Gasteiger partial charge in [0.2, 0.25) is 9.84 Å². The zero-order valence-electron chi connectivity index (χ0n) is 11.4. The van der Waals surface area contributed by atoms with Crippen molar-refractivity contribution in [3.8, 4) is 0 Å². The van der Waals surface area contributed by atoms with Crippen LogP contribution in [0.15, 0.2) is 70.5 Å². The quantitative estimate of drug-likeness (QED) is 0.643. The van der Waals surface area contributed by atoms with Crippen molar-refractivity contribution in [2.45, 2.75) is 4.90 Å². The van der Waals surface area contributed by atoms with E-state index in [2.05, 4.69) is 4.74 Å². The Morgan fingerprint density at radius 3 is 2.00 bits per heavy atom. The zero-order valence-corrected chi connectivity index (χ0v) is 12.2. The summed E-state index contributed by atoms with van der Waals surface area (Å²) in [5.74, 6) is -0.886. The minimum Gasteiger partial charge on any atom is -0.465 e. The van der Waals surface area contributed by atoms with Gasteiger partial charge in [0.1, 0.15) is 0 Å². The van der Waals surface area contributed by atoms with E-state index >= 15 is 0 Å². The summed E-state index contributed by atoms with van der Waals surface area (Å²) >= 11 is 0. The summed E-state index contributed by atoms with van der Waals surface area (Å²) in [7, 11) is -2.77. The maximum absolute atomic E-state index is 12.6. The molecule has 0 heterocycles. The molecule has 0 aliphatic rings. The molecule has 0 amide bonds. The van der Waals surface area contributed by atoms with E-state index in [4.69, 9.17) is 0 Å². The lowest BCUT2D eigenvalue weighted by Crippen LogP contribution is -2.15. The Morgan fingerprint density at radius 2 is 1.48 bits per heavy atom. The SMILES string of the molecule is COC(=O)C(=Cc1ccccc1)S(=O)(=O)c1ccccc1. The highest BCUT2D eigenvalue weighted by molar-refractivity contribution is 7.96. The van der Waals surface area contributed by atoms with Crippen LogP contribution < -0.4 is 0 Å². The average Bonchev–Trinajstić information content (AvgIpc) is 2.53. The number of benzene rings is 2. The second kappa shape index (κ2) is 6.37. The molecule has 0 unspecified atom stereocenters. The van der Waals surface area contributed by atoms with Crippen LogP contribution in [0.4, 0.5) is 0 Å². The third-order valence-electron chi connectivity index (χ3n) is 2.83. The van der Waals surface area contributed by atoms with Crippen LogP contribution in [0.3, 0.4) is 0 Å². The van der Waals surface area contributed by atoms with E-state index in [0.717, 1.165) is 7.11 Å². The van der Waals surface area contributed by atoms with Gasteiger partial charge in [-0.05, 0) is 23.8 Å². The van der Waals surface area contributed by atoms with Gasteiger partial charge in [0.05, 0.1) is 12.0 Å². The van der Waals surface area contributed by atoms with Crippen LogP contribution in [0.5, 0.6) is 0 Å². The number of ether oxygens (including phenoxy) is 1. The first-order valence-electron chi connectivity index (χ1n) is 6.21. The van der Waals surface area contributed by atoms with Gasteiger partial charge >= 0.3 is 5.97 Å². The molecule has 0 saturated carbocycles. The van der Waals surface area contributed by atoms with E-state index < -0.39 is 15.8 Å². The fraction of sp³-hybridized carbons (Fsp3) is 0.0625. The molecule has 4 nitrogen and oxygen atoms in total. The van der Waals surface area contributed by atoms with Gasteiger partial charge in [-0.15, -0.1) is 0 Å². The summed E-state index contributed by atoms with van der Waals surface area (Å²) in [4.78, 5) is 11.5. The van der Waals surface area contributed by atoms with Crippen LogP contribution in [-0.4, -0.2) is 21.5 Å². The van der Waals surface area contributed by atoms with Crippen LogP contribution in [0.25, 0.3) is 6.08 Å². The normalized spacial score (nSPS) is 12.0. The van der Waals surface area contributed by atoms with Gasteiger partial charge in [0.25, 0.3) is 0 Å². The fourth-order valence-corrected chi connectivity index (χ4v) is 3.14. The summed E-state index contributed by atoms with van der Waals surface area (Å²) in [6, 6.07) is 16.5. The Balaban J connectivity index is 2.57. The molecule has 0 aromatic heterocycles. The highest BCUT2D eigenvalue weighted by Gasteiger charge is 2.27. The first-order chi connectivity index (χ1) is 10.1. The molecule has 0 saturated heterocycles. The lowest BCUT2D eigenvalue weighted by molar-refractivity contribution is -0.135. The van der Waals surface area contributed by atoms with Crippen molar-refractivity contribution < 1.29 is 17.9 Å². The molecule has 2 rings (SSSR count). The number of rotatable bonds is 4. The van der Waals surface area contributed by atoms with Crippen LogP contribution in [0.1, 0.15) is 5.56 Å². The average molecular weight is 302 g/mol. The monoisotopic (exact) mass is 302 g/mol. The molecule has 0 radical (unpaired) electrons. The Kier molecular flexibility index (Phi) is 4.55. The smallest absolute Gasteiger partial charge is 0.349 e. The second-order valence-corrected chi connectivity index (χ2v) is 6.15. The Morgan fingerprint density at radius 1 is 0.952 bits per heavy atom. The molecule has 108 valence electrons. The van der Waals surface area contributed by atoms with Crippen molar-refractivity contribution in [2.75, 3.05) is 7.11 Å². The minimum absolute atomic E-state index is 0.0533. The summed E-state index contributed by atoms with van der Waals surface area (Å²) in [5, 5.41) is 0. The first-order valence-corrected chi connectivity index (χ1v) is 7.69. The Labute approximate surface area is 123 Å². The summed E-state index contributed by atoms with van der Waals surface area (Å²) in [6.07, 6.45) is 1.31. The topological polar surface area (TPSA) is 60.4 Å². The molecule has 21 heavy (non-hydrogen) atoms. The molecule has 0 N–H and O–H groups in total. The van der Waals surface area contributed by atoms with Gasteiger partial charge in [-0.25, -0.2) is 13.2 Å². The maximum Gasteiger partial charge on any atom is 0.349 e. The molecule has 0 aliphatic heterocycles. The van der Waals surface area contributed by atoms with E-state index in [0.29, 0.717) is 5.56 Å². The molecule has 2 aromatic carbocycles. The fourth-order valence-electron chi connectivity index (χ4n) is 1.77. The zero-order chi connectivity index (χ0) is 15.3. The van der Waals surface area contributed by atoms with Crippen LogP contribution in [-0.2, 0) is 19.4 Å². The molecular weight excluding hydrogens is 288 g/mol. The number of methoxy groups -OCH3 is 1. The molecular formula is C16H14O4S. The van der Waals surface area contributed by atoms with E-state index in [-0.39, 0.29) is 9.80 Å². The molecule has 0 atom stereocenters. The molecule has 0 fully saturated rings. The maximum atomic E-state index is 12.6. The van der Waals surface area contributed by atoms with Gasteiger partial charge in [-0.3, -0.25) is 0 Å². The molecule has 0 bridgehead atoms. The van der Waals surface area contributed by atoms with Crippen molar-refractivity contribution in [3.05, 3.63) is 71.1 Å².